The van der Waals surface area contributed by atoms with Crippen LogP contribution >= 0.6 is 11.8 Å². The van der Waals surface area contributed by atoms with Crippen molar-refractivity contribution in [2.45, 2.75) is 30.6 Å². The van der Waals surface area contributed by atoms with Gasteiger partial charge in [-0.2, -0.15) is 0 Å². The number of methoxy groups -OCH3 is 3. The number of nitrogens with zero attached hydrogens (tertiary/aromatic N) is 1. The molecule has 2 amide bonds. The number of anilines is 1. The molecule has 4 aromatic carbocycles. The molecule has 0 atom stereocenters. The third-order valence-corrected chi connectivity index (χ3v) is 9.43. The zero-order valence-corrected chi connectivity index (χ0v) is 28.4. The first-order valence-corrected chi connectivity index (χ1v) is 17.0. The van der Waals surface area contributed by atoms with Crippen molar-refractivity contribution >= 4 is 52.1 Å². The molecule has 0 aliphatic heterocycles. The van der Waals surface area contributed by atoms with E-state index in [4.69, 9.17) is 14.2 Å². The molecule has 0 bridgehead atoms. The molecule has 0 unspecified atom stereocenters. The highest BCUT2D eigenvalue weighted by atomic mass is 32.2. The van der Waals surface area contributed by atoms with Crippen molar-refractivity contribution < 1.29 is 28.6 Å². The second-order valence-electron chi connectivity index (χ2n) is 11.5. The number of thioether (sulfide) groups is 1. The van der Waals surface area contributed by atoms with Gasteiger partial charge in [-0.25, -0.2) is 0 Å². The van der Waals surface area contributed by atoms with Crippen molar-refractivity contribution in [2.24, 2.45) is 0 Å². The lowest BCUT2D eigenvalue weighted by Gasteiger charge is -2.15. The van der Waals surface area contributed by atoms with E-state index < -0.39 is 11.8 Å². The Balaban J connectivity index is 1.19. The first-order chi connectivity index (χ1) is 23.9. The van der Waals surface area contributed by atoms with Crippen LogP contribution in [-0.2, 0) is 17.6 Å². The molecule has 49 heavy (non-hydrogen) atoms. The highest BCUT2D eigenvalue weighted by molar-refractivity contribution is 8.00. The predicted molar refractivity (Wildman–Crippen MR) is 193 cm³/mol. The Morgan fingerprint density at radius 2 is 1.49 bits per heavy atom. The summed E-state index contributed by atoms with van der Waals surface area (Å²) >= 11 is 1.45. The number of aryl methyl sites for hydroxylation is 1. The molecule has 1 aliphatic carbocycles. The largest absolute Gasteiger partial charge is 0.493 e. The number of amides is 2. The van der Waals surface area contributed by atoms with Gasteiger partial charge in [0.15, 0.2) is 11.5 Å². The Hall–Kier alpha value is -5.48. The summed E-state index contributed by atoms with van der Waals surface area (Å²) in [4.78, 5) is 41.2. The second kappa shape index (κ2) is 15.2. The van der Waals surface area contributed by atoms with Crippen LogP contribution in [-0.4, -0.2) is 49.4 Å². The van der Waals surface area contributed by atoms with Gasteiger partial charge in [0.25, 0.3) is 11.8 Å². The average Bonchev–Trinajstić information content (AvgIpc) is 3.48. The minimum Gasteiger partial charge on any atom is -0.493 e. The highest BCUT2D eigenvalue weighted by Crippen LogP contribution is 2.39. The van der Waals surface area contributed by atoms with Crippen LogP contribution in [0.5, 0.6) is 17.2 Å². The topological polar surface area (TPSA) is 108 Å². The quantitative estimate of drug-likeness (QED) is 0.111. The van der Waals surface area contributed by atoms with E-state index in [-0.39, 0.29) is 17.4 Å². The van der Waals surface area contributed by atoms with Gasteiger partial charge in [0.1, 0.15) is 5.70 Å². The first-order valence-electron chi connectivity index (χ1n) is 16.0. The van der Waals surface area contributed by atoms with E-state index in [0.29, 0.717) is 34.1 Å². The van der Waals surface area contributed by atoms with Crippen LogP contribution in [0.2, 0.25) is 0 Å². The van der Waals surface area contributed by atoms with Crippen molar-refractivity contribution in [3.8, 4) is 17.2 Å². The number of carbonyl (C=O) groups is 3. The fourth-order valence-electron chi connectivity index (χ4n) is 6.12. The molecular weight excluding hydrogens is 639 g/mol. The normalized spacial score (nSPS) is 12.6. The van der Waals surface area contributed by atoms with Gasteiger partial charge in [-0.15, -0.1) is 11.8 Å². The Morgan fingerprint density at radius 1 is 0.816 bits per heavy atom. The molecule has 5 aromatic rings. The van der Waals surface area contributed by atoms with Gasteiger partial charge < -0.3 is 24.8 Å². The van der Waals surface area contributed by atoms with Crippen LogP contribution in [0.3, 0.4) is 0 Å². The van der Waals surface area contributed by atoms with Crippen molar-refractivity contribution in [2.75, 3.05) is 32.4 Å². The lowest BCUT2D eigenvalue weighted by Crippen LogP contribution is -2.30. The van der Waals surface area contributed by atoms with Crippen molar-refractivity contribution in [3.05, 3.63) is 119 Å². The van der Waals surface area contributed by atoms with E-state index in [2.05, 4.69) is 16.7 Å². The molecule has 2 N–H and O–H groups in total. The summed E-state index contributed by atoms with van der Waals surface area (Å²) in [7, 11) is 4.51. The van der Waals surface area contributed by atoms with Crippen molar-refractivity contribution in [1.29, 1.82) is 0 Å². The van der Waals surface area contributed by atoms with Gasteiger partial charge in [0.05, 0.1) is 32.6 Å². The highest BCUT2D eigenvalue weighted by Gasteiger charge is 2.23. The summed E-state index contributed by atoms with van der Waals surface area (Å²) in [5.41, 5.74) is 4.90. The van der Waals surface area contributed by atoms with Crippen LogP contribution in [0.25, 0.3) is 17.0 Å². The average molecular weight is 676 g/mol. The van der Waals surface area contributed by atoms with Crippen LogP contribution in [0.1, 0.15) is 44.8 Å². The Morgan fingerprint density at radius 3 is 2.18 bits per heavy atom. The fourth-order valence-corrected chi connectivity index (χ4v) is 6.86. The molecule has 1 aromatic heterocycles. The van der Waals surface area contributed by atoms with Crippen LogP contribution < -0.4 is 24.8 Å². The van der Waals surface area contributed by atoms with Crippen LogP contribution in [0.15, 0.2) is 102 Å². The van der Waals surface area contributed by atoms with Crippen LogP contribution in [0.4, 0.5) is 5.69 Å². The number of benzene rings is 4. The molecule has 6 rings (SSSR count). The number of carbonyl (C=O) groups excluding carboxylic acids is 3. The molecule has 0 fully saturated rings. The fraction of sp³-hybridized carbons (Fsp3) is 0.205. The monoisotopic (exact) mass is 675 g/mol. The molecule has 1 heterocycles. The SMILES string of the molecule is COc1cc(/C=C(\NC(=O)c2ccccc2)C(=O)Nc2ccc(SCC(=O)n3c4c(c5ccccc53)CCCC4)cc2)cc(OC)c1OC. The number of para-hydroxylation sites is 1. The molecule has 0 saturated carbocycles. The second-order valence-corrected chi connectivity index (χ2v) is 12.5. The lowest BCUT2D eigenvalue weighted by molar-refractivity contribution is -0.113. The number of ether oxygens (including phenoxy) is 3. The van der Waals surface area contributed by atoms with E-state index in [9.17, 15) is 14.4 Å². The van der Waals surface area contributed by atoms with Gasteiger partial charge in [-0.05, 0) is 97.5 Å². The Bertz CT molecular complexity index is 2010. The molecule has 250 valence electrons. The Kier molecular flexibility index (Phi) is 10.3. The number of fused-ring (bicyclic) bond motifs is 3. The molecular formula is C39H37N3O6S. The minimum absolute atomic E-state index is 0.00876. The summed E-state index contributed by atoms with van der Waals surface area (Å²) in [6.45, 7) is 0. The van der Waals surface area contributed by atoms with E-state index in [1.54, 1.807) is 54.6 Å². The zero-order chi connectivity index (χ0) is 34.3. The summed E-state index contributed by atoms with van der Waals surface area (Å²) < 4.78 is 18.3. The first kappa shape index (κ1) is 33.4. The standard InChI is InChI=1S/C39H37N3O6S/c1-46-34-22-25(23-35(47-2)37(34)48-3)21-31(41-38(44)26-11-5-4-6-12-26)39(45)40-27-17-19-28(20-18-27)49-24-36(43)42-32-15-9-7-13-29(32)30-14-8-10-16-33(30)42/h4-7,9,11-13,15,17-23H,8,10,14,16,24H2,1-3H3,(H,40,45)(H,41,44)/b31-21-. The van der Waals surface area contributed by atoms with E-state index in [1.807, 2.05) is 41.0 Å². The summed E-state index contributed by atoms with van der Waals surface area (Å²) in [6, 6.07) is 27.4. The predicted octanol–water partition coefficient (Wildman–Crippen LogP) is 7.39. The summed E-state index contributed by atoms with van der Waals surface area (Å²) in [5, 5.41) is 6.80. The zero-order valence-electron chi connectivity index (χ0n) is 27.6. The molecule has 1 aliphatic rings. The number of hydrogen-bond donors (Lipinski definition) is 2. The lowest BCUT2D eigenvalue weighted by atomic mass is 9.96. The molecule has 0 spiro atoms. The third kappa shape index (κ3) is 7.34. The molecule has 9 nitrogen and oxygen atoms in total. The van der Waals surface area contributed by atoms with Gasteiger partial charge in [-0.1, -0.05) is 36.4 Å². The summed E-state index contributed by atoms with van der Waals surface area (Å²) in [5.74, 6) is 0.571. The summed E-state index contributed by atoms with van der Waals surface area (Å²) in [6.07, 6.45) is 5.70. The number of rotatable bonds is 11. The van der Waals surface area contributed by atoms with E-state index >= 15 is 0 Å². The minimum atomic E-state index is -0.530. The van der Waals surface area contributed by atoms with E-state index in [0.717, 1.165) is 41.8 Å². The smallest absolute Gasteiger partial charge is 0.272 e. The number of hydrogen-bond acceptors (Lipinski definition) is 7. The molecule has 10 heteroatoms. The number of aromatic nitrogens is 1. The number of nitrogens with one attached hydrogen (secondary N) is 2. The van der Waals surface area contributed by atoms with Gasteiger partial charge >= 0.3 is 0 Å². The Labute approximate surface area is 289 Å². The molecule has 0 radical (unpaired) electrons. The van der Waals surface area contributed by atoms with Crippen LogP contribution in [0, 0.1) is 0 Å². The maximum Gasteiger partial charge on any atom is 0.272 e. The maximum absolute atomic E-state index is 13.6. The van der Waals surface area contributed by atoms with Gasteiger partial charge in [0, 0.05) is 27.2 Å². The van der Waals surface area contributed by atoms with E-state index in [1.165, 1.54) is 44.0 Å². The van der Waals surface area contributed by atoms with Gasteiger partial charge in [0.2, 0.25) is 11.7 Å². The maximum atomic E-state index is 13.6. The molecule has 0 saturated heterocycles. The van der Waals surface area contributed by atoms with Crippen molar-refractivity contribution in [1.82, 2.24) is 9.88 Å². The van der Waals surface area contributed by atoms with Crippen molar-refractivity contribution in [3.63, 3.8) is 0 Å². The van der Waals surface area contributed by atoms with Gasteiger partial charge in [-0.3, -0.25) is 19.0 Å². The third-order valence-electron chi connectivity index (χ3n) is 8.43.